The number of benzene rings is 1. The summed E-state index contributed by atoms with van der Waals surface area (Å²) >= 11 is 0. The van der Waals surface area contributed by atoms with Gasteiger partial charge in [0.1, 0.15) is 0 Å². The fourth-order valence-corrected chi connectivity index (χ4v) is 1.23. The van der Waals surface area contributed by atoms with Crippen LogP contribution in [0.4, 0.5) is 0 Å². The van der Waals surface area contributed by atoms with Gasteiger partial charge in [0.2, 0.25) is 0 Å². The van der Waals surface area contributed by atoms with Crippen LogP contribution >= 0.6 is 0 Å². The molecular weight excluding hydrogens is 164 g/mol. The summed E-state index contributed by atoms with van der Waals surface area (Å²) in [6.45, 7) is 4.24. The summed E-state index contributed by atoms with van der Waals surface area (Å²) in [6, 6.07) is 5.91. The zero-order valence-corrected chi connectivity index (χ0v) is 7.79. The molecule has 0 radical (unpaired) electrons. The Bertz CT molecular complexity index is 353. The van der Waals surface area contributed by atoms with Crippen molar-refractivity contribution in [1.29, 1.82) is 5.26 Å². The van der Waals surface area contributed by atoms with Crippen molar-refractivity contribution in [3.63, 3.8) is 0 Å². The lowest BCUT2D eigenvalue weighted by Crippen LogP contribution is -2.00. The summed E-state index contributed by atoms with van der Waals surface area (Å²) in [4.78, 5) is 4.51. The molecule has 0 aromatic heterocycles. The summed E-state index contributed by atoms with van der Waals surface area (Å²) in [5.41, 5.74) is 3.73. The Kier molecular flexibility index (Phi) is 3.02. The molecule has 0 unspecified atom stereocenters. The molecule has 2 N–H and O–H groups in total. The van der Waals surface area contributed by atoms with Crippen LogP contribution in [0.1, 0.15) is 22.3 Å². The van der Waals surface area contributed by atoms with Gasteiger partial charge in [-0.1, -0.05) is 6.07 Å². The molecule has 0 atom stereocenters. The molecule has 0 amide bonds. The Morgan fingerprint density at radius 2 is 2.15 bits per heavy atom. The Hall–Kier alpha value is -1.37. The van der Waals surface area contributed by atoms with E-state index in [9.17, 15) is 0 Å². The predicted molar refractivity (Wildman–Crippen MR) is 49.6 cm³/mol. The lowest BCUT2D eigenvalue weighted by Gasteiger charge is -2.05. The number of aryl methyl sites for hydroxylation is 1. The summed E-state index contributed by atoms with van der Waals surface area (Å²) in [7, 11) is 0. The van der Waals surface area contributed by atoms with Gasteiger partial charge in [-0.15, -0.1) is 0 Å². The molecule has 0 bridgehead atoms. The molecule has 3 heteroatoms. The summed E-state index contributed by atoms with van der Waals surface area (Å²) in [5, 5.41) is 8.81. The fourth-order valence-electron chi connectivity index (χ4n) is 1.23. The minimum absolute atomic E-state index is 0.343. The van der Waals surface area contributed by atoms with Gasteiger partial charge in [0.15, 0.2) is 0 Å². The molecule has 0 fully saturated rings. The van der Waals surface area contributed by atoms with Crippen LogP contribution in [-0.4, -0.2) is 0 Å². The quantitative estimate of drug-likeness (QED) is 0.696. The van der Waals surface area contributed by atoms with Crippen molar-refractivity contribution in [2.24, 2.45) is 5.90 Å². The summed E-state index contributed by atoms with van der Waals surface area (Å²) in [6.07, 6.45) is 0. The molecule has 0 aliphatic carbocycles. The predicted octanol–water partition coefficient (Wildman–Crippen LogP) is 1.57. The molecule has 68 valence electrons. The van der Waals surface area contributed by atoms with Gasteiger partial charge in [0.25, 0.3) is 0 Å². The van der Waals surface area contributed by atoms with E-state index < -0.39 is 0 Å². The molecule has 0 heterocycles. The molecule has 1 aromatic carbocycles. The molecule has 0 aliphatic rings. The summed E-state index contributed by atoms with van der Waals surface area (Å²) < 4.78 is 0. The maximum absolute atomic E-state index is 8.81. The molecule has 0 saturated heterocycles. The molecule has 1 aromatic rings. The molecule has 3 nitrogen and oxygen atoms in total. The summed E-state index contributed by atoms with van der Waals surface area (Å²) in [5.74, 6) is 4.96. The number of nitrogens with zero attached hydrogens (tertiary/aromatic N) is 1. The van der Waals surface area contributed by atoms with Crippen molar-refractivity contribution in [2.75, 3.05) is 0 Å². The number of nitriles is 1. The van der Waals surface area contributed by atoms with Crippen molar-refractivity contribution in [1.82, 2.24) is 0 Å². The first-order valence-electron chi connectivity index (χ1n) is 4.01. The molecule has 0 aliphatic heterocycles. The largest absolute Gasteiger partial charge is 0.300 e. The van der Waals surface area contributed by atoms with Crippen LogP contribution in [0.15, 0.2) is 12.1 Å². The lowest BCUT2D eigenvalue weighted by molar-refractivity contribution is 0.124. The van der Waals surface area contributed by atoms with Gasteiger partial charge in [0.05, 0.1) is 18.2 Å². The van der Waals surface area contributed by atoms with Crippen LogP contribution in [0.2, 0.25) is 0 Å². The number of nitrogens with two attached hydrogens (primary N) is 1. The van der Waals surface area contributed by atoms with E-state index >= 15 is 0 Å². The monoisotopic (exact) mass is 176 g/mol. The average molecular weight is 176 g/mol. The highest BCUT2D eigenvalue weighted by atomic mass is 16.6. The van der Waals surface area contributed by atoms with Crippen molar-refractivity contribution in [3.05, 3.63) is 34.4 Å². The first-order chi connectivity index (χ1) is 6.19. The van der Waals surface area contributed by atoms with Gasteiger partial charge < -0.3 is 0 Å². The van der Waals surface area contributed by atoms with Gasteiger partial charge in [-0.2, -0.15) is 5.26 Å². The van der Waals surface area contributed by atoms with E-state index in [2.05, 4.69) is 10.9 Å². The second-order valence-electron chi connectivity index (χ2n) is 3.01. The third-order valence-corrected chi connectivity index (χ3v) is 2.10. The first-order valence-corrected chi connectivity index (χ1v) is 4.01. The molecule has 13 heavy (non-hydrogen) atoms. The van der Waals surface area contributed by atoms with E-state index in [-0.39, 0.29) is 0 Å². The van der Waals surface area contributed by atoms with Crippen LogP contribution in [0.25, 0.3) is 0 Å². The second kappa shape index (κ2) is 4.04. The van der Waals surface area contributed by atoms with Gasteiger partial charge in [-0.25, -0.2) is 5.90 Å². The van der Waals surface area contributed by atoms with E-state index in [0.29, 0.717) is 12.2 Å². The lowest BCUT2D eigenvalue weighted by atomic mass is 10.0. The molecule has 0 spiro atoms. The smallest absolute Gasteiger partial charge is 0.0994 e. The normalized spacial score (nSPS) is 9.69. The number of hydrogen-bond acceptors (Lipinski definition) is 3. The van der Waals surface area contributed by atoms with Crippen LogP contribution in [0, 0.1) is 25.2 Å². The van der Waals surface area contributed by atoms with E-state index in [4.69, 9.17) is 11.2 Å². The topological polar surface area (TPSA) is 59.0 Å². The Balaban J connectivity index is 3.16. The molecular formula is C10H12N2O. The minimum atomic E-state index is 0.343. The van der Waals surface area contributed by atoms with Gasteiger partial charge >= 0.3 is 0 Å². The number of hydrogen-bond donors (Lipinski definition) is 1. The van der Waals surface area contributed by atoms with Crippen molar-refractivity contribution in [3.8, 4) is 6.07 Å². The maximum atomic E-state index is 8.81. The van der Waals surface area contributed by atoms with Crippen LogP contribution in [-0.2, 0) is 11.4 Å². The zero-order valence-electron chi connectivity index (χ0n) is 7.79. The van der Waals surface area contributed by atoms with Gasteiger partial charge in [-0.3, -0.25) is 4.84 Å². The highest BCUT2D eigenvalue weighted by molar-refractivity contribution is 5.44. The standard InChI is InChI=1S/C10H12N2O/c1-7-3-9(6-13-12)4-10(5-11)8(7)2/h3-4H,6,12H2,1-2H3. The van der Waals surface area contributed by atoms with Crippen LogP contribution < -0.4 is 5.90 Å². The van der Waals surface area contributed by atoms with Crippen molar-refractivity contribution in [2.45, 2.75) is 20.5 Å². The van der Waals surface area contributed by atoms with E-state index in [1.165, 1.54) is 0 Å². The van der Waals surface area contributed by atoms with Gasteiger partial charge in [-0.05, 0) is 36.6 Å². The molecule has 0 saturated carbocycles. The Labute approximate surface area is 77.7 Å². The number of rotatable bonds is 2. The van der Waals surface area contributed by atoms with Crippen molar-refractivity contribution < 1.29 is 4.84 Å². The fraction of sp³-hybridized carbons (Fsp3) is 0.300. The third kappa shape index (κ3) is 2.05. The second-order valence-corrected chi connectivity index (χ2v) is 3.01. The molecule has 1 rings (SSSR count). The third-order valence-electron chi connectivity index (χ3n) is 2.10. The van der Waals surface area contributed by atoms with Crippen molar-refractivity contribution >= 4 is 0 Å². The van der Waals surface area contributed by atoms with E-state index in [0.717, 1.165) is 16.7 Å². The van der Waals surface area contributed by atoms with E-state index in [1.807, 2.05) is 19.9 Å². The van der Waals surface area contributed by atoms with Gasteiger partial charge in [0, 0.05) is 0 Å². The Morgan fingerprint density at radius 1 is 1.46 bits per heavy atom. The van der Waals surface area contributed by atoms with Crippen LogP contribution in [0.3, 0.4) is 0 Å². The highest BCUT2D eigenvalue weighted by Gasteiger charge is 2.03. The minimum Gasteiger partial charge on any atom is -0.300 e. The average Bonchev–Trinajstić information content (AvgIpc) is 2.11. The zero-order chi connectivity index (χ0) is 9.84. The maximum Gasteiger partial charge on any atom is 0.0994 e. The van der Waals surface area contributed by atoms with Crippen LogP contribution in [0.5, 0.6) is 0 Å². The Morgan fingerprint density at radius 3 is 2.69 bits per heavy atom. The highest BCUT2D eigenvalue weighted by Crippen LogP contribution is 2.15. The SMILES string of the molecule is Cc1cc(CON)cc(C#N)c1C. The first kappa shape index (κ1) is 9.72. The van der Waals surface area contributed by atoms with E-state index in [1.54, 1.807) is 6.07 Å².